The molecule has 0 radical (unpaired) electrons. The first-order valence-corrected chi connectivity index (χ1v) is 6.43. The highest BCUT2D eigenvalue weighted by Gasteiger charge is 2.37. The van der Waals surface area contributed by atoms with E-state index in [2.05, 4.69) is 12.2 Å². The third kappa shape index (κ3) is 2.75. The Morgan fingerprint density at radius 2 is 2.16 bits per heavy atom. The van der Waals surface area contributed by atoms with Crippen LogP contribution in [0, 0.1) is 5.92 Å². The van der Waals surface area contributed by atoms with E-state index in [1.807, 2.05) is 0 Å². The smallest absolute Gasteiger partial charge is 0.253 e. The number of anilines is 1. The van der Waals surface area contributed by atoms with Crippen LogP contribution in [0.15, 0.2) is 12.1 Å². The molecule has 104 valence electrons. The van der Waals surface area contributed by atoms with Crippen LogP contribution in [-0.2, 0) is 0 Å². The first kappa shape index (κ1) is 13.5. The zero-order valence-corrected chi connectivity index (χ0v) is 11.5. The molecule has 1 saturated carbocycles. The number of nitrogen functional groups attached to an aromatic ring is 1. The maximum atomic E-state index is 12.2. The molecule has 1 amide bonds. The number of nitrogens with two attached hydrogens (primary N) is 1. The number of carbonyl (C=O) groups excluding carboxylic acids is 1. The van der Waals surface area contributed by atoms with E-state index in [-0.39, 0.29) is 11.9 Å². The van der Waals surface area contributed by atoms with Gasteiger partial charge in [-0.25, -0.2) is 0 Å². The number of amides is 1. The summed E-state index contributed by atoms with van der Waals surface area (Å²) in [5, 5.41) is 2.98. The van der Waals surface area contributed by atoms with E-state index in [1.54, 1.807) is 19.2 Å². The van der Waals surface area contributed by atoms with Gasteiger partial charge in [0.1, 0.15) is 11.5 Å². The van der Waals surface area contributed by atoms with Gasteiger partial charge in [-0.05, 0) is 18.4 Å². The molecule has 5 nitrogen and oxygen atoms in total. The zero-order valence-electron chi connectivity index (χ0n) is 11.5. The predicted molar refractivity (Wildman–Crippen MR) is 73.6 cm³/mol. The highest BCUT2D eigenvalue weighted by molar-refractivity contribution is 6.01. The Morgan fingerprint density at radius 3 is 2.68 bits per heavy atom. The zero-order chi connectivity index (χ0) is 14.0. The maximum absolute atomic E-state index is 12.2. The molecular weight excluding hydrogens is 244 g/mol. The van der Waals surface area contributed by atoms with E-state index in [0.717, 1.165) is 12.8 Å². The van der Waals surface area contributed by atoms with Crippen molar-refractivity contribution in [3.8, 4) is 11.5 Å². The molecule has 1 aromatic carbocycles. The van der Waals surface area contributed by atoms with Crippen LogP contribution in [0.3, 0.4) is 0 Å². The number of carbonyl (C=O) groups is 1. The summed E-state index contributed by atoms with van der Waals surface area (Å²) < 4.78 is 10.3. The van der Waals surface area contributed by atoms with Crippen LogP contribution in [-0.4, -0.2) is 26.2 Å². The van der Waals surface area contributed by atoms with Gasteiger partial charge in [-0.2, -0.15) is 0 Å². The molecule has 0 spiro atoms. The molecule has 2 unspecified atom stereocenters. The Bertz CT molecular complexity index is 488. The molecule has 19 heavy (non-hydrogen) atoms. The highest BCUT2D eigenvalue weighted by Crippen LogP contribution is 2.35. The summed E-state index contributed by atoms with van der Waals surface area (Å²) in [6.45, 7) is 2.12. The van der Waals surface area contributed by atoms with Crippen molar-refractivity contribution in [1.82, 2.24) is 5.32 Å². The summed E-state index contributed by atoms with van der Waals surface area (Å²) >= 11 is 0. The van der Waals surface area contributed by atoms with Gasteiger partial charge >= 0.3 is 0 Å². The van der Waals surface area contributed by atoms with Gasteiger partial charge in [-0.15, -0.1) is 0 Å². The minimum atomic E-state index is -0.171. The number of ether oxygens (including phenoxy) is 2. The summed E-state index contributed by atoms with van der Waals surface area (Å²) in [7, 11) is 3.06. The molecule has 0 aliphatic heterocycles. The molecule has 0 bridgehead atoms. The highest BCUT2D eigenvalue weighted by atomic mass is 16.5. The predicted octanol–water partition coefficient (Wildman–Crippen LogP) is 1.81. The molecule has 1 aliphatic carbocycles. The van der Waals surface area contributed by atoms with E-state index < -0.39 is 0 Å². The summed E-state index contributed by atoms with van der Waals surface area (Å²) in [4.78, 5) is 12.2. The number of hydrogen-bond donors (Lipinski definition) is 2. The molecule has 2 atom stereocenters. The van der Waals surface area contributed by atoms with E-state index in [0.29, 0.717) is 28.7 Å². The third-order valence-corrected chi connectivity index (χ3v) is 3.58. The topological polar surface area (TPSA) is 73.6 Å². The number of benzene rings is 1. The van der Waals surface area contributed by atoms with Crippen LogP contribution in [0.25, 0.3) is 0 Å². The van der Waals surface area contributed by atoms with Crippen LogP contribution < -0.4 is 20.5 Å². The van der Waals surface area contributed by atoms with Crippen LogP contribution in [0.2, 0.25) is 0 Å². The fourth-order valence-corrected chi connectivity index (χ4v) is 2.20. The van der Waals surface area contributed by atoms with Crippen molar-refractivity contribution in [3.63, 3.8) is 0 Å². The van der Waals surface area contributed by atoms with Crippen LogP contribution in [0.4, 0.5) is 5.69 Å². The number of methoxy groups -OCH3 is 2. The third-order valence-electron chi connectivity index (χ3n) is 3.58. The normalized spacial score (nSPS) is 20.8. The van der Waals surface area contributed by atoms with Crippen molar-refractivity contribution in [1.29, 1.82) is 0 Å². The quantitative estimate of drug-likeness (QED) is 0.795. The SMILES string of the molecule is CCC1CC1NC(=O)c1cc(OC)cc(OC)c1N. The summed E-state index contributed by atoms with van der Waals surface area (Å²) in [6.07, 6.45) is 2.13. The molecule has 0 heterocycles. The minimum absolute atomic E-state index is 0.171. The monoisotopic (exact) mass is 264 g/mol. The lowest BCUT2D eigenvalue weighted by molar-refractivity contribution is 0.0949. The average molecular weight is 264 g/mol. The molecule has 1 aliphatic rings. The van der Waals surface area contributed by atoms with E-state index in [1.165, 1.54) is 7.11 Å². The fraction of sp³-hybridized carbons (Fsp3) is 0.500. The number of nitrogens with one attached hydrogen (secondary N) is 1. The van der Waals surface area contributed by atoms with Crippen molar-refractivity contribution in [2.24, 2.45) is 5.92 Å². The van der Waals surface area contributed by atoms with E-state index in [9.17, 15) is 4.79 Å². The fourth-order valence-electron chi connectivity index (χ4n) is 2.20. The Kier molecular flexibility index (Phi) is 3.83. The standard InChI is InChI=1S/C14H20N2O3/c1-4-8-5-11(8)16-14(17)10-6-9(18-2)7-12(19-3)13(10)15/h6-8,11H,4-5,15H2,1-3H3,(H,16,17). The van der Waals surface area contributed by atoms with Gasteiger partial charge in [-0.3, -0.25) is 4.79 Å². The van der Waals surface area contributed by atoms with Crippen LogP contribution in [0.5, 0.6) is 11.5 Å². The van der Waals surface area contributed by atoms with Crippen molar-refractivity contribution < 1.29 is 14.3 Å². The second-order valence-corrected chi connectivity index (χ2v) is 4.77. The summed E-state index contributed by atoms with van der Waals surface area (Å²) in [5.41, 5.74) is 6.68. The Labute approximate surface area is 113 Å². The van der Waals surface area contributed by atoms with Gasteiger partial charge < -0.3 is 20.5 Å². The maximum Gasteiger partial charge on any atom is 0.253 e. The van der Waals surface area contributed by atoms with Crippen molar-refractivity contribution in [2.45, 2.75) is 25.8 Å². The molecule has 0 aromatic heterocycles. The van der Waals surface area contributed by atoms with Crippen LogP contribution in [0.1, 0.15) is 30.1 Å². The minimum Gasteiger partial charge on any atom is -0.497 e. The molecule has 3 N–H and O–H groups in total. The second-order valence-electron chi connectivity index (χ2n) is 4.77. The second kappa shape index (κ2) is 5.38. The first-order chi connectivity index (χ1) is 9.10. The van der Waals surface area contributed by atoms with Gasteiger partial charge in [0.2, 0.25) is 0 Å². The Balaban J connectivity index is 2.20. The average Bonchev–Trinajstić information content (AvgIpc) is 3.17. The molecular formula is C14H20N2O3. The van der Waals surface area contributed by atoms with Gasteiger partial charge in [0.25, 0.3) is 5.91 Å². The summed E-state index contributed by atoms with van der Waals surface area (Å²) in [6, 6.07) is 3.57. The van der Waals surface area contributed by atoms with Crippen molar-refractivity contribution in [3.05, 3.63) is 17.7 Å². The first-order valence-electron chi connectivity index (χ1n) is 6.43. The van der Waals surface area contributed by atoms with Gasteiger partial charge in [-0.1, -0.05) is 13.3 Å². The van der Waals surface area contributed by atoms with Gasteiger partial charge in [0.15, 0.2) is 0 Å². The van der Waals surface area contributed by atoms with Gasteiger partial charge in [0.05, 0.1) is 25.5 Å². The van der Waals surface area contributed by atoms with Crippen molar-refractivity contribution >= 4 is 11.6 Å². The van der Waals surface area contributed by atoms with Gasteiger partial charge in [0, 0.05) is 12.1 Å². The summed E-state index contributed by atoms with van der Waals surface area (Å²) in [5.74, 6) is 1.43. The number of rotatable bonds is 5. The Morgan fingerprint density at radius 1 is 1.42 bits per heavy atom. The molecule has 5 heteroatoms. The Hall–Kier alpha value is -1.91. The van der Waals surface area contributed by atoms with E-state index in [4.69, 9.17) is 15.2 Å². The molecule has 1 aromatic rings. The largest absolute Gasteiger partial charge is 0.497 e. The lowest BCUT2D eigenvalue weighted by Gasteiger charge is -2.12. The number of hydrogen-bond acceptors (Lipinski definition) is 4. The molecule has 0 saturated heterocycles. The molecule has 1 fully saturated rings. The van der Waals surface area contributed by atoms with Crippen molar-refractivity contribution in [2.75, 3.05) is 20.0 Å². The lowest BCUT2D eigenvalue weighted by Crippen LogP contribution is -2.27. The van der Waals surface area contributed by atoms with E-state index >= 15 is 0 Å². The van der Waals surface area contributed by atoms with Crippen LogP contribution >= 0.6 is 0 Å². The lowest BCUT2D eigenvalue weighted by atomic mass is 10.1. The molecule has 2 rings (SSSR count).